The molecule has 7 heteroatoms. The predicted molar refractivity (Wildman–Crippen MR) is 111 cm³/mol. The zero-order chi connectivity index (χ0) is 20.5. The molecule has 0 aliphatic carbocycles. The van der Waals surface area contributed by atoms with Gasteiger partial charge in [0.05, 0.1) is 34.6 Å². The molecule has 4 rings (SSSR count). The second-order valence-corrected chi connectivity index (χ2v) is 6.54. The van der Waals surface area contributed by atoms with Crippen molar-refractivity contribution in [1.82, 2.24) is 20.0 Å². The van der Waals surface area contributed by atoms with Gasteiger partial charge >= 0.3 is 0 Å². The van der Waals surface area contributed by atoms with E-state index in [0.717, 1.165) is 16.8 Å². The van der Waals surface area contributed by atoms with Crippen LogP contribution in [0.1, 0.15) is 17.0 Å². The summed E-state index contributed by atoms with van der Waals surface area (Å²) in [6, 6.07) is 14.0. The van der Waals surface area contributed by atoms with Gasteiger partial charge in [0, 0.05) is 18.0 Å². The number of H-pyrrole nitrogens is 1. The van der Waals surface area contributed by atoms with Gasteiger partial charge in [0.25, 0.3) is 5.56 Å². The van der Waals surface area contributed by atoms with Gasteiger partial charge in [-0.3, -0.25) is 9.48 Å². The molecule has 2 N–H and O–H groups in total. The Morgan fingerprint density at radius 2 is 2.00 bits per heavy atom. The van der Waals surface area contributed by atoms with Crippen molar-refractivity contribution in [3.8, 4) is 22.9 Å². The Balaban J connectivity index is 1.87. The molecule has 141 valence electrons. The fraction of sp³-hybridized carbons (Fsp3) is 0.0455. The summed E-state index contributed by atoms with van der Waals surface area (Å²) in [5, 5.41) is 31.0. The molecular formula is C22H16N5O2. The maximum Gasteiger partial charge on any atom is 0.272 e. The third kappa shape index (κ3) is 3.28. The molecule has 29 heavy (non-hydrogen) atoms. The van der Waals surface area contributed by atoms with E-state index in [4.69, 9.17) is 0 Å². The van der Waals surface area contributed by atoms with Crippen molar-refractivity contribution in [3.63, 3.8) is 0 Å². The normalized spacial score (nSPS) is 11.6. The summed E-state index contributed by atoms with van der Waals surface area (Å²) in [5.41, 5.74) is 3.70. The van der Waals surface area contributed by atoms with E-state index < -0.39 is 0 Å². The minimum absolute atomic E-state index is 0.135. The number of hydrogen-bond donors (Lipinski definition) is 2. The average Bonchev–Trinajstić information content (AvgIpc) is 3.09. The molecule has 2 aromatic heterocycles. The zero-order valence-corrected chi connectivity index (χ0v) is 15.5. The van der Waals surface area contributed by atoms with E-state index >= 15 is 0 Å². The Morgan fingerprint density at radius 3 is 2.72 bits per heavy atom. The number of nitriles is 1. The molecule has 0 unspecified atom stereocenters. The van der Waals surface area contributed by atoms with Crippen molar-refractivity contribution >= 4 is 22.4 Å². The summed E-state index contributed by atoms with van der Waals surface area (Å²) >= 11 is 0. The molecule has 7 nitrogen and oxygen atoms in total. The van der Waals surface area contributed by atoms with Crippen molar-refractivity contribution in [1.29, 1.82) is 5.26 Å². The van der Waals surface area contributed by atoms with Gasteiger partial charge in [0.1, 0.15) is 5.75 Å². The Bertz CT molecular complexity index is 1350. The average molecular weight is 382 g/mol. The molecule has 0 fully saturated rings. The van der Waals surface area contributed by atoms with Gasteiger partial charge in [-0.2, -0.15) is 15.5 Å². The van der Waals surface area contributed by atoms with Crippen LogP contribution in [0.4, 0.5) is 0 Å². The summed E-state index contributed by atoms with van der Waals surface area (Å²) < 4.78 is 1.68. The quantitative estimate of drug-likeness (QED) is 0.529. The van der Waals surface area contributed by atoms with Crippen LogP contribution in [0.15, 0.2) is 53.5 Å². The number of aromatic hydroxyl groups is 1. The standard InChI is InChI=1S/C22H16N5O2/c1-13-19-9-15(5-8-18(19)22(29)26-25-13)20-12-24-27(2)21(20)10-16(11-23)14-3-6-17(28)7-4-14/h3-10,12,28H,1H2,2H3,(H,26,29). The summed E-state index contributed by atoms with van der Waals surface area (Å²) in [6.07, 6.45) is 3.46. The van der Waals surface area contributed by atoms with E-state index in [1.165, 1.54) is 12.1 Å². The number of benzene rings is 2. The van der Waals surface area contributed by atoms with Gasteiger partial charge in [0.15, 0.2) is 0 Å². The SMILES string of the molecule is [CH2]c1n[nH]c(=O)c2ccc(-c3cnn(C)c3C=C(C#N)c3ccc(O)cc3)cc12. The number of aryl methyl sites for hydroxylation is 1. The first-order valence-electron chi connectivity index (χ1n) is 8.76. The van der Waals surface area contributed by atoms with Crippen LogP contribution in [-0.4, -0.2) is 25.1 Å². The summed E-state index contributed by atoms with van der Waals surface area (Å²) in [7, 11) is 1.79. The van der Waals surface area contributed by atoms with E-state index in [0.29, 0.717) is 27.6 Å². The van der Waals surface area contributed by atoms with Gasteiger partial charge in [-0.15, -0.1) is 0 Å². The number of phenols is 1. The van der Waals surface area contributed by atoms with E-state index in [-0.39, 0.29) is 11.3 Å². The zero-order valence-electron chi connectivity index (χ0n) is 15.5. The minimum atomic E-state index is -0.274. The van der Waals surface area contributed by atoms with E-state index in [2.05, 4.69) is 28.3 Å². The van der Waals surface area contributed by atoms with E-state index in [1.54, 1.807) is 42.2 Å². The number of phenolic OH excluding ortho intramolecular Hbond substituents is 1. The van der Waals surface area contributed by atoms with Gasteiger partial charge in [-0.05, 0) is 60.5 Å². The molecule has 0 saturated carbocycles. The van der Waals surface area contributed by atoms with Crippen LogP contribution in [0, 0.1) is 18.3 Å². The third-order valence-corrected chi connectivity index (χ3v) is 4.74. The fourth-order valence-electron chi connectivity index (χ4n) is 3.19. The summed E-state index contributed by atoms with van der Waals surface area (Å²) in [5.74, 6) is 0.135. The lowest BCUT2D eigenvalue weighted by molar-refractivity contribution is 0.475. The smallest absolute Gasteiger partial charge is 0.272 e. The Labute approximate surface area is 166 Å². The largest absolute Gasteiger partial charge is 0.508 e. The molecule has 0 bridgehead atoms. The maximum atomic E-state index is 12.0. The van der Waals surface area contributed by atoms with Gasteiger partial charge in [0.2, 0.25) is 0 Å². The number of aromatic amines is 1. The van der Waals surface area contributed by atoms with Crippen LogP contribution in [0.5, 0.6) is 5.75 Å². The highest BCUT2D eigenvalue weighted by atomic mass is 16.3. The van der Waals surface area contributed by atoms with Crippen LogP contribution in [0.25, 0.3) is 33.5 Å². The third-order valence-electron chi connectivity index (χ3n) is 4.74. The number of nitrogens with one attached hydrogen (secondary N) is 1. The summed E-state index contributed by atoms with van der Waals surface area (Å²) in [6.45, 7) is 3.88. The number of nitrogens with zero attached hydrogens (tertiary/aromatic N) is 4. The minimum Gasteiger partial charge on any atom is -0.508 e. The molecule has 0 saturated heterocycles. The Hall–Kier alpha value is -4.18. The lowest BCUT2D eigenvalue weighted by atomic mass is 9.99. The van der Waals surface area contributed by atoms with Gasteiger partial charge in [-0.25, -0.2) is 5.10 Å². The Kier molecular flexibility index (Phi) is 4.45. The lowest BCUT2D eigenvalue weighted by Gasteiger charge is -2.07. The molecule has 0 aliphatic rings. The van der Waals surface area contributed by atoms with Crippen LogP contribution >= 0.6 is 0 Å². The first-order chi connectivity index (χ1) is 14.0. The maximum absolute atomic E-state index is 12.0. The van der Waals surface area contributed by atoms with Gasteiger partial charge in [-0.1, -0.05) is 6.07 Å². The molecule has 1 radical (unpaired) electrons. The van der Waals surface area contributed by atoms with E-state index in [1.807, 2.05) is 12.1 Å². The van der Waals surface area contributed by atoms with Crippen molar-refractivity contribution < 1.29 is 5.11 Å². The number of fused-ring (bicyclic) bond motifs is 1. The second kappa shape index (κ2) is 7.09. The van der Waals surface area contributed by atoms with Crippen molar-refractivity contribution in [2.75, 3.05) is 0 Å². The van der Waals surface area contributed by atoms with Crippen LogP contribution < -0.4 is 5.56 Å². The highest BCUT2D eigenvalue weighted by Crippen LogP contribution is 2.30. The van der Waals surface area contributed by atoms with Gasteiger partial charge < -0.3 is 5.11 Å². The molecule has 0 atom stereocenters. The second-order valence-electron chi connectivity index (χ2n) is 6.54. The Morgan fingerprint density at radius 1 is 1.24 bits per heavy atom. The first-order valence-corrected chi connectivity index (χ1v) is 8.76. The lowest BCUT2D eigenvalue weighted by Crippen LogP contribution is -2.09. The number of rotatable bonds is 3. The van der Waals surface area contributed by atoms with Crippen LogP contribution in [0.3, 0.4) is 0 Å². The highest BCUT2D eigenvalue weighted by molar-refractivity contribution is 5.94. The van der Waals surface area contributed by atoms with Crippen molar-refractivity contribution in [2.24, 2.45) is 7.05 Å². The monoisotopic (exact) mass is 382 g/mol. The fourth-order valence-corrected chi connectivity index (χ4v) is 3.19. The molecule has 0 aliphatic heterocycles. The molecular weight excluding hydrogens is 366 g/mol. The molecule has 4 aromatic rings. The molecule has 2 heterocycles. The first kappa shape index (κ1) is 18.2. The number of allylic oxidation sites excluding steroid dienone is 1. The molecule has 0 amide bonds. The predicted octanol–water partition coefficient (Wildman–Crippen LogP) is 3.28. The highest BCUT2D eigenvalue weighted by Gasteiger charge is 2.13. The summed E-state index contributed by atoms with van der Waals surface area (Å²) in [4.78, 5) is 12.0. The van der Waals surface area contributed by atoms with Crippen molar-refractivity contribution in [2.45, 2.75) is 0 Å². The van der Waals surface area contributed by atoms with Crippen molar-refractivity contribution in [3.05, 3.63) is 82.9 Å². The topological polar surface area (TPSA) is 108 Å². The van der Waals surface area contributed by atoms with E-state index in [9.17, 15) is 15.2 Å². The van der Waals surface area contributed by atoms with Crippen LogP contribution in [0.2, 0.25) is 0 Å². The number of aromatic nitrogens is 4. The number of hydrogen-bond acceptors (Lipinski definition) is 5. The van der Waals surface area contributed by atoms with Crippen LogP contribution in [-0.2, 0) is 7.05 Å². The molecule has 2 aromatic carbocycles. The molecule has 0 spiro atoms.